The summed E-state index contributed by atoms with van der Waals surface area (Å²) in [5.41, 5.74) is 2.96. The van der Waals surface area contributed by atoms with Crippen molar-refractivity contribution in [3.8, 4) is 11.1 Å². The van der Waals surface area contributed by atoms with Crippen LogP contribution in [0.3, 0.4) is 0 Å². The van der Waals surface area contributed by atoms with E-state index in [1.54, 1.807) is 18.3 Å². The lowest BCUT2D eigenvalue weighted by Crippen LogP contribution is -2.32. The number of sulfonamides is 1. The molecule has 0 spiro atoms. The van der Waals surface area contributed by atoms with Crippen LogP contribution in [0, 0.1) is 0 Å². The highest BCUT2D eigenvalue weighted by Gasteiger charge is 2.22. The third kappa shape index (κ3) is 4.18. The Morgan fingerprint density at radius 3 is 2.12 bits per heavy atom. The number of rotatable bonds is 7. The van der Waals surface area contributed by atoms with Gasteiger partial charge in [0.2, 0.25) is 10.0 Å². The van der Waals surface area contributed by atoms with Crippen LogP contribution in [-0.4, -0.2) is 30.8 Å². The Morgan fingerprint density at radius 2 is 1.50 bits per heavy atom. The molecule has 1 heterocycles. The molecule has 0 N–H and O–H groups in total. The van der Waals surface area contributed by atoms with E-state index in [9.17, 15) is 8.42 Å². The fourth-order valence-corrected chi connectivity index (χ4v) is 4.28. The van der Waals surface area contributed by atoms with Gasteiger partial charge in [0, 0.05) is 31.4 Å². The fraction of sp³-hybridized carbons (Fsp3) is 0.190. The van der Waals surface area contributed by atoms with Crippen molar-refractivity contribution in [3.63, 3.8) is 0 Å². The molecule has 0 fully saturated rings. The number of nitrogens with zero attached hydrogens (tertiary/aromatic N) is 2. The smallest absolute Gasteiger partial charge is 0.243 e. The summed E-state index contributed by atoms with van der Waals surface area (Å²) in [6.07, 6.45) is 2.32. The number of benzene rings is 2. The van der Waals surface area contributed by atoms with Crippen LogP contribution in [0.2, 0.25) is 0 Å². The molecule has 2 aromatic carbocycles. The Labute approximate surface area is 155 Å². The van der Waals surface area contributed by atoms with Gasteiger partial charge >= 0.3 is 0 Å². The summed E-state index contributed by atoms with van der Waals surface area (Å²) in [6, 6.07) is 22.7. The monoisotopic (exact) mass is 366 g/mol. The van der Waals surface area contributed by atoms with Gasteiger partial charge in [-0.15, -0.1) is 0 Å². The predicted molar refractivity (Wildman–Crippen MR) is 104 cm³/mol. The van der Waals surface area contributed by atoms with Crippen molar-refractivity contribution in [2.24, 2.45) is 0 Å². The predicted octanol–water partition coefficient (Wildman–Crippen LogP) is 4.00. The molecule has 0 aliphatic carbocycles. The molecule has 26 heavy (non-hydrogen) atoms. The molecule has 0 unspecified atom stereocenters. The number of hydrogen-bond acceptors (Lipinski definition) is 3. The highest BCUT2D eigenvalue weighted by atomic mass is 32.2. The van der Waals surface area contributed by atoms with Gasteiger partial charge in [-0.2, -0.15) is 4.31 Å². The maximum absolute atomic E-state index is 12.9. The molecule has 0 saturated carbocycles. The second-order valence-corrected chi connectivity index (χ2v) is 7.90. The Hall–Kier alpha value is -2.50. The molecule has 3 rings (SSSR count). The second-order valence-electron chi connectivity index (χ2n) is 5.96. The normalized spacial score (nSPS) is 11.6. The minimum atomic E-state index is -3.51. The van der Waals surface area contributed by atoms with Crippen LogP contribution in [0.4, 0.5) is 0 Å². The van der Waals surface area contributed by atoms with Crippen LogP contribution < -0.4 is 0 Å². The van der Waals surface area contributed by atoms with E-state index in [1.165, 1.54) is 4.31 Å². The minimum Gasteiger partial charge on any atom is -0.261 e. The first kappa shape index (κ1) is 18.3. The minimum absolute atomic E-state index is 0.319. The van der Waals surface area contributed by atoms with Gasteiger partial charge in [0.15, 0.2) is 0 Å². The van der Waals surface area contributed by atoms with E-state index in [-0.39, 0.29) is 0 Å². The SMILES string of the molecule is CCN(CCc1ccccn1)S(=O)(=O)c1ccc(-c2ccccc2)cc1. The summed E-state index contributed by atoms with van der Waals surface area (Å²) in [6.45, 7) is 2.69. The second kappa shape index (κ2) is 8.25. The van der Waals surface area contributed by atoms with Gasteiger partial charge in [0.05, 0.1) is 4.90 Å². The summed E-state index contributed by atoms with van der Waals surface area (Å²) in [5, 5.41) is 0. The van der Waals surface area contributed by atoms with E-state index in [0.717, 1.165) is 16.8 Å². The average molecular weight is 366 g/mol. The van der Waals surface area contributed by atoms with Crippen LogP contribution in [0.5, 0.6) is 0 Å². The summed E-state index contributed by atoms with van der Waals surface area (Å²) in [7, 11) is -3.51. The molecule has 0 aliphatic heterocycles. The van der Waals surface area contributed by atoms with Crippen molar-refractivity contribution in [2.45, 2.75) is 18.2 Å². The van der Waals surface area contributed by atoms with E-state index in [0.29, 0.717) is 24.4 Å². The van der Waals surface area contributed by atoms with Crippen molar-refractivity contribution in [1.29, 1.82) is 0 Å². The number of likely N-dealkylation sites (N-methyl/N-ethyl adjacent to an activating group) is 1. The highest BCUT2D eigenvalue weighted by molar-refractivity contribution is 7.89. The molecule has 0 atom stereocenters. The molecular weight excluding hydrogens is 344 g/mol. The van der Waals surface area contributed by atoms with Crippen LogP contribution in [-0.2, 0) is 16.4 Å². The summed E-state index contributed by atoms with van der Waals surface area (Å²) in [5.74, 6) is 0. The van der Waals surface area contributed by atoms with Crippen LogP contribution in [0.25, 0.3) is 11.1 Å². The van der Waals surface area contributed by atoms with Gasteiger partial charge in [-0.1, -0.05) is 55.5 Å². The van der Waals surface area contributed by atoms with Gasteiger partial charge < -0.3 is 0 Å². The van der Waals surface area contributed by atoms with Crippen LogP contribution >= 0.6 is 0 Å². The van der Waals surface area contributed by atoms with E-state index in [4.69, 9.17) is 0 Å². The highest BCUT2D eigenvalue weighted by Crippen LogP contribution is 2.23. The molecule has 5 heteroatoms. The first-order valence-corrected chi connectivity index (χ1v) is 10.1. The lowest BCUT2D eigenvalue weighted by Gasteiger charge is -2.20. The van der Waals surface area contributed by atoms with Crippen molar-refractivity contribution in [1.82, 2.24) is 9.29 Å². The molecule has 0 saturated heterocycles. The topological polar surface area (TPSA) is 50.3 Å². The number of hydrogen-bond donors (Lipinski definition) is 0. The summed E-state index contributed by atoms with van der Waals surface area (Å²) >= 11 is 0. The average Bonchev–Trinajstić information content (AvgIpc) is 2.70. The fourth-order valence-electron chi connectivity index (χ4n) is 2.83. The molecule has 0 bridgehead atoms. The summed E-state index contributed by atoms with van der Waals surface area (Å²) in [4.78, 5) is 4.58. The Morgan fingerprint density at radius 1 is 0.846 bits per heavy atom. The molecule has 134 valence electrons. The molecule has 4 nitrogen and oxygen atoms in total. The van der Waals surface area contributed by atoms with Crippen molar-refractivity contribution < 1.29 is 8.42 Å². The van der Waals surface area contributed by atoms with Crippen LogP contribution in [0.15, 0.2) is 83.9 Å². The molecule has 0 amide bonds. The first-order valence-electron chi connectivity index (χ1n) is 8.67. The summed E-state index contributed by atoms with van der Waals surface area (Å²) < 4.78 is 27.4. The zero-order chi connectivity index (χ0) is 18.4. The van der Waals surface area contributed by atoms with E-state index in [1.807, 2.05) is 67.6 Å². The van der Waals surface area contributed by atoms with E-state index >= 15 is 0 Å². The van der Waals surface area contributed by atoms with Crippen molar-refractivity contribution >= 4 is 10.0 Å². The Kier molecular flexibility index (Phi) is 5.81. The first-order chi connectivity index (χ1) is 12.6. The molecular formula is C21H22N2O2S. The van der Waals surface area contributed by atoms with Gasteiger partial charge in [-0.05, 0) is 35.4 Å². The largest absolute Gasteiger partial charge is 0.261 e. The quantitative estimate of drug-likeness (QED) is 0.635. The van der Waals surface area contributed by atoms with Crippen molar-refractivity contribution in [2.75, 3.05) is 13.1 Å². The van der Waals surface area contributed by atoms with Gasteiger partial charge in [-0.3, -0.25) is 4.98 Å². The van der Waals surface area contributed by atoms with Gasteiger partial charge in [-0.25, -0.2) is 8.42 Å². The molecule has 0 radical (unpaired) electrons. The maximum Gasteiger partial charge on any atom is 0.243 e. The van der Waals surface area contributed by atoms with E-state index < -0.39 is 10.0 Å². The zero-order valence-electron chi connectivity index (χ0n) is 14.7. The number of aromatic nitrogens is 1. The molecule has 3 aromatic rings. The maximum atomic E-state index is 12.9. The van der Waals surface area contributed by atoms with E-state index in [2.05, 4.69) is 4.98 Å². The molecule has 0 aliphatic rings. The van der Waals surface area contributed by atoms with Gasteiger partial charge in [0.25, 0.3) is 0 Å². The molecule has 1 aromatic heterocycles. The third-order valence-corrected chi connectivity index (χ3v) is 6.28. The Bertz CT molecular complexity index is 925. The Balaban J connectivity index is 1.77. The van der Waals surface area contributed by atoms with Crippen molar-refractivity contribution in [3.05, 3.63) is 84.7 Å². The zero-order valence-corrected chi connectivity index (χ0v) is 15.6. The lowest BCUT2D eigenvalue weighted by atomic mass is 10.1. The van der Waals surface area contributed by atoms with Gasteiger partial charge in [0.1, 0.15) is 0 Å². The number of pyridine rings is 1. The van der Waals surface area contributed by atoms with Crippen LogP contribution in [0.1, 0.15) is 12.6 Å². The lowest BCUT2D eigenvalue weighted by molar-refractivity contribution is 0.429. The standard InChI is InChI=1S/C21H22N2O2S/c1-2-23(17-15-20-10-6-7-16-22-20)26(24,25)21-13-11-19(12-14-21)18-8-4-3-5-9-18/h3-14,16H,2,15,17H2,1H3. The third-order valence-electron chi connectivity index (χ3n) is 4.30.